The maximum atomic E-state index is 11.7. The van der Waals surface area contributed by atoms with Crippen molar-refractivity contribution in [3.05, 3.63) is 28.7 Å². The van der Waals surface area contributed by atoms with Crippen LogP contribution in [-0.2, 0) is 4.79 Å². The molecule has 0 saturated carbocycles. The molecule has 1 aromatic carbocycles. The first-order valence-corrected chi connectivity index (χ1v) is 6.78. The Morgan fingerprint density at radius 2 is 2.17 bits per heavy atom. The monoisotopic (exact) mass is 314 g/mol. The molecule has 0 heterocycles. The summed E-state index contributed by atoms with van der Waals surface area (Å²) in [5.41, 5.74) is 0.771. The van der Waals surface area contributed by atoms with Gasteiger partial charge >= 0.3 is 0 Å². The molecule has 1 aromatic rings. The number of carbonyl (C=O) groups excluding carboxylic acids is 1. The van der Waals surface area contributed by atoms with E-state index in [1.807, 2.05) is 31.2 Å². The summed E-state index contributed by atoms with van der Waals surface area (Å²) in [6.07, 6.45) is 0.749. The van der Waals surface area contributed by atoms with Crippen molar-refractivity contribution in [3.8, 4) is 0 Å². The lowest BCUT2D eigenvalue weighted by Crippen LogP contribution is -2.31. The van der Waals surface area contributed by atoms with Crippen LogP contribution in [0.1, 0.15) is 13.3 Å². The van der Waals surface area contributed by atoms with Gasteiger partial charge in [-0.2, -0.15) is 0 Å². The van der Waals surface area contributed by atoms with Crippen LogP contribution in [0.2, 0.25) is 0 Å². The highest BCUT2D eigenvalue weighted by Crippen LogP contribution is 2.20. The Labute approximate surface area is 116 Å². The molecule has 0 aliphatic carbocycles. The van der Waals surface area contributed by atoms with Gasteiger partial charge in [0.05, 0.1) is 12.2 Å². The largest absolute Gasteiger partial charge is 0.396 e. The van der Waals surface area contributed by atoms with E-state index in [-0.39, 0.29) is 19.1 Å². The first-order valence-electron chi connectivity index (χ1n) is 5.99. The maximum absolute atomic E-state index is 11.7. The van der Waals surface area contributed by atoms with E-state index in [2.05, 4.69) is 26.6 Å². The molecule has 1 amide bonds. The molecule has 0 radical (unpaired) electrons. The standard InChI is InChI=1S/C13H19BrN2O2/c1-10(6-7-17)8-15-9-13(18)16-12-5-3-2-4-11(12)14/h2-5,10,15,17H,6-9H2,1H3,(H,16,18). The number of halogens is 1. The molecule has 1 rings (SSSR count). The Hall–Kier alpha value is -0.910. The van der Waals surface area contributed by atoms with Crippen LogP contribution in [0, 0.1) is 5.92 Å². The highest BCUT2D eigenvalue weighted by Gasteiger charge is 2.06. The van der Waals surface area contributed by atoms with E-state index in [9.17, 15) is 4.79 Å². The second-order valence-electron chi connectivity index (χ2n) is 4.28. The molecule has 0 spiro atoms. The maximum Gasteiger partial charge on any atom is 0.238 e. The fraction of sp³-hybridized carbons (Fsp3) is 0.462. The van der Waals surface area contributed by atoms with Crippen molar-refractivity contribution in [2.75, 3.05) is 25.0 Å². The van der Waals surface area contributed by atoms with Gasteiger partial charge in [-0.15, -0.1) is 0 Å². The van der Waals surface area contributed by atoms with Gasteiger partial charge in [0.1, 0.15) is 0 Å². The molecule has 1 atom stereocenters. The van der Waals surface area contributed by atoms with Gasteiger partial charge in [0.15, 0.2) is 0 Å². The van der Waals surface area contributed by atoms with Crippen molar-refractivity contribution in [2.45, 2.75) is 13.3 Å². The molecule has 0 bridgehead atoms. The highest BCUT2D eigenvalue weighted by atomic mass is 79.9. The van der Waals surface area contributed by atoms with Crippen LogP contribution in [0.15, 0.2) is 28.7 Å². The lowest BCUT2D eigenvalue weighted by atomic mass is 10.1. The molecule has 18 heavy (non-hydrogen) atoms. The number of aliphatic hydroxyl groups is 1. The van der Waals surface area contributed by atoms with Crippen LogP contribution in [0.5, 0.6) is 0 Å². The van der Waals surface area contributed by atoms with Crippen molar-refractivity contribution < 1.29 is 9.90 Å². The van der Waals surface area contributed by atoms with Gasteiger partial charge in [-0.3, -0.25) is 4.79 Å². The Morgan fingerprint density at radius 3 is 2.83 bits per heavy atom. The molecule has 0 aliphatic rings. The summed E-state index contributed by atoms with van der Waals surface area (Å²) in [7, 11) is 0. The molecule has 5 heteroatoms. The molecule has 0 aliphatic heterocycles. The predicted molar refractivity (Wildman–Crippen MR) is 76.5 cm³/mol. The molecule has 0 aromatic heterocycles. The second kappa shape index (κ2) is 8.24. The highest BCUT2D eigenvalue weighted by molar-refractivity contribution is 9.10. The van der Waals surface area contributed by atoms with Gasteiger partial charge in [-0.25, -0.2) is 0 Å². The summed E-state index contributed by atoms with van der Waals surface area (Å²) in [6.45, 7) is 3.22. The lowest BCUT2D eigenvalue weighted by Gasteiger charge is -2.11. The van der Waals surface area contributed by atoms with Crippen LogP contribution in [0.4, 0.5) is 5.69 Å². The number of para-hydroxylation sites is 1. The summed E-state index contributed by atoms with van der Waals surface area (Å²) < 4.78 is 0.868. The molecular weight excluding hydrogens is 296 g/mol. The van der Waals surface area contributed by atoms with Crippen LogP contribution < -0.4 is 10.6 Å². The minimum Gasteiger partial charge on any atom is -0.396 e. The zero-order valence-corrected chi connectivity index (χ0v) is 12.0. The second-order valence-corrected chi connectivity index (χ2v) is 5.13. The number of carbonyl (C=O) groups is 1. The van der Waals surface area contributed by atoms with Gasteiger partial charge in [0.25, 0.3) is 0 Å². The van der Waals surface area contributed by atoms with Crippen LogP contribution in [0.25, 0.3) is 0 Å². The van der Waals surface area contributed by atoms with E-state index in [1.54, 1.807) is 0 Å². The van der Waals surface area contributed by atoms with Gasteiger partial charge < -0.3 is 15.7 Å². The first-order chi connectivity index (χ1) is 8.63. The molecule has 1 unspecified atom stereocenters. The number of amides is 1. The van der Waals surface area contributed by atoms with Crippen molar-refractivity contribution >= 4 is 27.5 Å². The number of benzene rings is 1. The Bertz CT molecular complexity index is 385. The number of hydrogen-bond donors (Lipinski definition) is 3. The molecule has 100 valence electrons. The molecule has 4 nitrogen and oxygen atoms in total. The normalized spacial score (nSPS) is 12.2. The fourth-order valence-corrected chi connectivity index (χ4v) is 1.90. The molecule has 3 N–H and O–H groups in total. The molecule has 0 saturated heterocycles. The Balaban J connectivity index is 2.28. The third kappa shape index (κ3) is 5.62. The van der Waals surface area contributed by atoms with E-state index in [0.29, 0.717) is 5.92 Å². The quantitative estimate of drug-likeness (QED) is 0.721. The summed E-state index contributed by atoms with van der Waals surface area (Å²) in [4.78, 5) is 11.7. The number of aliphatic hydroxyl groups excluding tert-OH is 1. The van der Waals surface area contributed by atoms with Gasteiger partial charge in [0.2, 0.25) is 5.91 Å². The first kappa shape index (κ1) is 15.1. The summed E-state index contributed by atoms with van der Waals surface area (Å²) >= 11 is 3.37. The van der Waals surface area contributed by atoms with E-state index in [4.69, 9.17) is 5.11 Å². The lowest BCUT2D eigenvalue weighted by molar-refractivity contribution is -0.115. The number of hydrogen-bond acceptors (Lipinski definition) is 3. The fourth-order valence-electron chi connectivity index (χ4n) is 1.51. The number of anilines is 1. The van der Waals surface area contributed by atoms with Gasteiger partial charge in [-0.05, 0) is 46.9 Å². The van der Waals surface area contributed by atoms with E-state index >= 15 is 0 Å². The topological polar surface area (TPSA) is 61.4 Å². The minimum atomic E-state index is -0.0712. The van der Waals surface area contributed by atoms with Gasteiger partial charge in [-0.1, -0.05) is 19.1 Å². The van der Waals surface area contributed by atoms with E-state index < -0.39 is 0 Å². The van der Waals surface area contributed by atoms with Crippen LogP contribution in [0.3, 0.4) is 0 Å². The smallest absolute Gasteiger partial charge is 0.238 e. The SMILES string of the molecule is CC(CCO)CNCC(=O)Nc1ccccc1Br. The average molecular weight is 315 g/mol. The minimum absolute atomic E-state index is 0.0712. The van der Waals surface area contributed by atoms with Crippen molar-refractivity contribution in [2.24, 2.45) is 5.92 Å². The average Bonchev–Trinajstić information content (AvgIpc) is 2.32. The Kier molecular flexibility index (Phi) is 6.93. The third-order valence-electron chi connectivity index (χ3n) is 2.55. The van der Waals surface area contributed by atoms with Crippen molar-refractivity contribution in [1.82, 2.24) is 5.32 Å². The Morgan fingerprint density at radius 1 is 1.44 bits per heavy atom. The summed E-state index contributed by atoms with van der Waals surface area (Å²) in [5, 5.41) is 14.6. The van der Waals surface area contributed by atoms with E-state index in [0.717, 1.165) is 23.1 Å². The summed E-state index contributed by atoms with van der Waals surface area (Å²) in [6, 6.07) is 7.49. The van der Waals surface area contributed by atoms with E-state index in [1.165, 1.54) is 0 Å². The van der Waals surface area contributed by atoms with Crippen LogP contribution in [-0.4, -0.2) is 30.7 Å². The summed E-state index contributed by atoms with van der Waals surface area (Å²) in [5.74, 6) is 0.296. The zero-order chi connectivity index (χ0) is 13.4. The van der Waals surface area contributed by atoms with Gasteiger partial charge in [0, 0.05) is 11.1 Å². The number of nitrogens with one attached hydrogen (secondary N) is 2. The number of rotatable bonds is 7. The zero-order valence-electron chi connectivity index (χ0n) is 10.4. The van der Waals surface area contributed by atoms with Crippen molar-refractivity contribution in [1.29, 1.82) is 0 Å². The van der Waals surface area contributed by atoms with Crippen LogP contribution >= 0.6 is 15.9 Å². The molecule has 0 fully saturated rings. The predicted octanol–water partition coefficient (Wildman–Crippen LogP) is 2.00. The third-order valence-corrected chi connectivity index (χ3v) is 3.24. The van der Waals surface area contributed by atoms with Crippen molar-refractivity contribution in [3.63, 3.8) is 0 Å². The molecular formula is C13H19BrN2O2.